The standard InChI is InChI=1S/C27H28N2O6/c1-33-22-12-8-20(9-13-22)27(21-10-14-23(34-2)15-11-21)29-25(31)18-35-26(32)17-28-24(30)16-19-6-4-3-5-7-19/h3-15,27H,16-18H2,1-2H3,(H,28,30)(H,29,31). The molecule has 35 heavy (non-hydrogen) atoms. The van der Waals surface area contributed by atoms with Gasteiger partial charge in [-0.15, -0.1) is 0 Å². The van der Waals surface area contributed by atoms with E-state index < -0.39 is 24.5 Å². The second-order valence-corrected chi connectivity index (χ2v) is 7.65. The number of ether oxygens (including phenoxy) is 3. The highest BCUT2D eigenvalue weighted by molar-refractivity contribution is 5.85. The lowest BCUT2D eigenvalue weighted by molar-refractivity contribution is -0.148. The molecule has 0 spiro atoms. The molecule has 8 nitrogen and oxygen atoms in total. The molecule has 3 rings (SSSR count). The van der Waals surface area contributed by atoms with Gasteiger partial charge in [0.1, 0.15) is 18.0 Å². The van der Waals surface area contributed by atoms with Crippen LogP contribution in [0.15, 0.2) is 78.9 Å². The Hall–Kier alpha value is -4.33. The van der Waals surface area contributed by atoms with Gasteiger partial charge in [0.15, 0.2) is 6.61 Å². The Labute approximate surface area is 204 Å². The van der Waals surface area contributed by atoms with Gasteiger partial charge in [-0.25, -0.2) is 0 Å². The van der Waals surface area contributed by atoms with Gasteiger partial charge in [0, 0.05) is 0 Å². The summed E-state index contributed by atoms with van der Waals surface area (Å²) in [4.78, 5) is 36.6. The lowest BCUT2D eigenvalue weighted by atomic mass is 9.98. The van der Waals surface area contributed by atoms with Gasteiger partial charge in [0.05, 0.1) is 26.7 Å². The number of carbonyl (C=O) groups is 3. The predicted molar refractivity (Wildman–Crippen MR) is 130 cm³/mol. The van der Waals surface area contributed by atoms with Gasteiger partial charge in [-0.1, -0.05) is 54.6 Å². The van der Waals surface area contributed by atoms with E-state index in [-0.39, 0.29) is 18.9 Å². The highest BCUT2D eigenvalue weighted by atomic mass is 16.5. The molecule has 2 amide bonds. The lowest BCUT2D eigenvalue weighted by Crippen LogP contribution is -2.36. The zero-order chi connectivity index (χ0) is 25.0. The Morgan fingerprint density at radius 1 is 0.743 bits per heavy atom. The zero-order valence-electron chi connectivity index (χ0n) is 19.7. The van der Waals surface area contributed by atoms with Gasteiger partial charge in [0.25, 0.3) is 5.91 Å². The Bertz CT molecular complexity index is 1070. The van der Waals surface area contributed by atoms with Crippen LogP contribution in [-0.2, 0) is 25.5 Å². The molecule has 0 heterocycles. The highest BCUT2D eigenvalue weighted by Gasteiger charge is 2.18. The van der Waals surface area contributed by atoms with Crippen LogP contribution in [0.2, 0.25) is 0 Å². The van der Waals surface area contributed by atoms with E-state index in [1.807, 2.05) is 54.6 Å². The minimum absolute atomic E-state index is 0.153. The number of benzene rings is 3. The van der Waals surface area contributed by atoms with Crippen molar-refractivity contribution in [1.82, 2.24) is 10.6 Å². The molecule has 2 N–H and O–H groups in total. The van der Waals surface area contributed by atoms with Crippen molar-refractivity contribution in [3.8, 4) is 11.5 Å². The molecule has 0 atom stereocenters. The first-order valence-corrected chi connectivity index (χ1v) is 11.0. The Balaban J connectivity index is 1.55. The molecule has 0 aliphatic heterocycles. The van der Waals surface area contributed by atoms with Crippen molar-refractivity contribution in [2.75, 3.05) is 27.4 Å². The number of nitrogens with one attached hydrogen (secondary N) is 2. The zero-order valence-corrected chi connectivity index (χ0v) is 19.7. The van der Waals surface area contributed by atoms with Crippen LogP contribution in [0, 0.1) is 0 Å². The van der Waals surface area contributed by atoms with E-state index in [1.165, 1.54) is 0 Å². The van der Waals surface area contributed by atoms with Gasteiger partial charge in [0.2, 0.25) is 5.91 Å². The third-order valence-corrected chi connectivity index (χ3v) is 5.21. The largest absolute Gasteiger partial charge is 0.497 e. The summed E-state index contributed by atoms with van der Waals surface area (Å²) in [6, 6.07) is 23.3. The third-order valence-electron chi connectivity index (χ3n) is 5.21. The first-order chi connectivity index (χ1) is 17.0. The maximum Gasteiger partial charge on any atom is 0.325 e. The summed E-state index contributed by atoms with van der Waals surface area (Å²) < 4.78 is 15.5. The fourth-order valence-electron chi connectivity index (χ4n) is 3.37. The maximum absolute atomic E-state index is 12.6. The van der Waals surface area contributed by atoms with Gasteiger partial charge >= 0.3 is 5.97 Å². The third kappa shape index (κ3) is 7.89. The summed E-state index contributed by atoms with van der Waals surface area (Å²) in [5.74, 6) is -0.108. The summed E-state index contributed by atoms with van der Waals surface area (Å²) in [6.45, 7) is -0.796. The highest BCUT2D eigenvalue weighted by Crippen LogP contribution is 2.26. The molecular formula is C27H28N2O6. The normalized spacial score (nSPS) is 10.4. The van der Waals surface area contributed by atoms with Crippen molar-refractivity contribution in [3.05, 3.63) is 95.6 Å². The summed E-state index contributed by atoms with van der Waals surface area (Å²) in [7, 11) is 3.16. The van der Waals surface area contributed by atoms with Crippen LogP contribution in [-0.4, -0.2) is 45.2 Å². The summed E-state index contributed by atoms with van der Waals surface area (Å²) in [5, 5.41) is 5.39. The molecule has 0 unspecified atom stereocenters. The minimum Gasteiger partial charge on any atom is -0.497 e. The minimum atomic E-state index is -0.702. The Kier molecular flexibility index (Phi) is 9.24. The topological polar surface area (TPSA) is 103 Å². The van der Waals surface area contributed by atoms with Crippen LogP contribution in [0.3, 0.4) is 0 Å². The average Bonchev–Trinajstić information content (AvgIpc) is 2.90. The molecule has 182 valence electrons. The number of hydrogen-bond acceptors (Lipinski definition) is 6. The van der Waals surface area contributed by atoms with Crippen LogP contribution in [0.4, 0.5) is 0 Å². The van der Waals surface area contributed by atoms with Gasteiger partial charge in [-0.2, -0.15) is 0 Å². The van der Waals surface area contributed by atoms with Gasteiger partial charge < -0.3 is 24.8 Å². The van der Waals surface area contributed by atoms with Crippen molar-refractivity contribution in [2.24, 2.45) is 0 Å². The summed E-state index contributed by atoms with van der Waals surface area (Å²) in [6.07, 6.45) is 0.153. The van der Waals surface area contributed by atoms with E-state index >= 15 is 0 Å². The number of rotatable bonds is 11. The summed E-state index contributed by atoms with van der Waals surface area (Å²) >= 11 is 0. The van der Waals surface area contributed by atoms with E-state index in [0.717, 1.165) is 16.7 Å². The number of methoxy groups -OCH3 is 2. The Morgan fingerprint density at radius 2 is 1.29 bits per heavy atom. The molecule has 0 saturated heterocycles. The molecule has 0 aliphatic rings. The van der Waals surface area contributed by atoms with Crippen molar-refractivity contribution >= 4 is 17.8 Å². The van der Waals surface area contributed by atoms with Crippen molar-refractivity contribution in [2.45, 2.75) is 12.5 Å². The van der Waals surface area contributed by atoms with E-state index in [2.05, 4.69) is 10.6 Å². The van der Waals surface area contributed by atoms with E-state index in [0.29, 0.717) is 11.5 Å². The molecule has 0 aliphatic carbocycles. The molecule has 3 aromatic rings. The first kappa shape index (κ1) is 25.3. The van der Waals surface area contributed by atoms with Crippen LogP contribution in [0.5, 0.6) is 11.5 Å². The van der Waals surface area contributed by atoms with Gasteiger partial charge in [-0.05, 0) is 41.0 Å². The van der Waals surface area contributed by atoms with Crippen LogP contribution in [0.25, 0.3) is 0 Å². The lowest BCUT2D eigenvalue weighted by Gasteiger charge is -2.20. The van der Waals surface area contributed by atoms with Crippen LogP contribution < -0.4 is 20.1 Å². The first-order valence-electron chi connectivity index (χ1n) is 11.0. The molecule has 0 saturated carbocycles. The summed E-state index contributed by atoms with van der Waals surface area (Å²) in [5.41, 5.74) is 2.48. The number of esters is 1. The Morgan fingerprint density at radius 3 is 1.80 bits per heavy atom. The second kappa shape index (κ2) is 12.8. The molecule has 0 aromatic heterocycles. The van der Waals surface area contributed by atoms with E-state index in [9.17, 15) is 14.4 Å². The number of amides is 2. The van der Waals surface area contributed by atoms with Gasteiger partial charge in [-0.3, -0.25) is 14.4 Å². The molecule has 0 radical (unpaired) electrons. The van der Waals surface area contributed by atoms with Crippen LogP contribution >= 0.6 is 0 Å². The van der Waals surface area contributed by atoms with E-state index in [4.69, 9.17) is 14.2 Å². The SMILES string of the molecule is COc1ccc(C(NC(=O)COC(=O)CNC(=O)Cc2ccccc2)c2ccc(OC)cc2)cc1. The average molecular weight is 477 g/mol. The fourth-order valence-corrected chi connectivity index (χ4v) is 3.37. The maximum atomic E-state index is 12.6. The second-order valence-electron chi connectivity index (χ2n) is 7.65. The quantitative estimate of drug-likeness (QED) is 0.413. The van der Waals surface area contributed by atoms with E-state index in [1.54, 1.807) is 38.5 Å². The smallest absolute Gasteiger partial charge is 0.325 e. The number of hydrogen-bond donors (Lipinski definition) is 2. The molecule has 0 bridgehead atoms. The fraction of sp³-hybridized carbons (Fsp3) is 0.222. The molecule has 0 fully saturated rings. The number of carbonyl (C=O) groups excluding carboxylic acids is 3. The molecule has 8 heteroatoms. The monoisotopic (exact) mass is 476 g/mol. The predicted octanol–water partition coefficient (Wildman–Crippen LogP) is 2.81. The molecule has 3 aromatic carbocycles. The van der Waals surface area contributed by atoms with Crippen LogP contribution in [0.1, 0.15) is 22.7 Å². The van der Waals surface area contributed by atoms with Crippen molar-refractivity contribution < 1.29 is 28.6 Å². The molecular weight excluding hydrogens is 448 g/mol. The van der Waals surface area contributed by atoms with Crippen molar-refractivity contribution in [3.63, 3.8) is 0 Å². The van der Waals surface area contributed by atoms with Crippen molar-refractivity contribution in [1.29, 1.82) is 0 Å².